The zero-order valence-electron chi connectivity index (χ0n) is 15.6. The van der Waals surface area contributed by atoms with Gasteiger partial charge in [-0.05, 0) is 75.6 Å². The Kier molecular flexibility index (Phi) is 7.95. The molecule has 1 heterocycles. The highest BCUT2D eigenvalue weighted by Crippen LogP contribution is 2.29. The van der Waals surface area contributed by atoms with Gasteiger partial charge >= 0.3 is 5.13 Å². The molecule has 2 aromatic carbocycles. The summed E-state index contributed by atoms with van der Waals surface area (Å²) in [6, 6.07) is 16.9. The Morgan fingerprint density at radius 1 is 1.11 bits per heavy atom. The Hall–Kier alpha value is -1.76. The maximum atomic E-state index is 4.44. The normalized spacial score (nSPS) is 10.8. The monoisotopic (exact) mass is 464 g/mol. The summed E-state index contributed by atoms with van der Waals surface area (Å²) in [6.45, 7) is 6.12. The average molecular weight is 466 g/mol. The maximum absolute atomic E-state index is 4.44. The minimum atomic E-state index is 0. The predicted molar refractivity (Wildman–Crippen MR) is 112 cm³/mol. The first-order valence-corrected chi connectivity index (χ1v) is 10.1. The molecule has 0 radical (unpaired) electrons. The molecule has 142 valence electrons. The van der Waals surface area contributed by atoms with Crippen molar-refractivity contribution in [1.29, 1.82) is 0 Å². The van der Waals surface area contributed by atoms with Crippen LogP contribution >= 0.6 is 27.3 Å². The molecule has 0 atom stereocenters. The van der Waals surface area contributed by atoms with E-state index in [9.17, 15) is 0 Å². The summed E-state index contributed by atoms with van der Waals surface area (Å²) in [5.41, 5.74) is 4.54. The molecule has 27 heavy (non-hydrogen) atoms. The zero-order chi connectivity index (χ0) is 18.5. The molecule has 0 aliphatic carbocycles. The van der Waals surface area contributed by atoms with Gasteiger partial charge in [0.1, 0.15) is 15.7 Å². The van der Waals surface area contributed by atoms with Crippen molar-refractivity contribution >= 4 is 43.8 Å². The summed E-state index contributed by atoms with van der Waals surface area (Å²) >= 11 is 5.04. The number of hydrogen-bond acceptors (Lipinski definition) is 4. The van der Waals surface area contributed by atoms with E-state index in [2.05, 4.69) is 87.4 Å². The fourth-order valence-electron chi connectivity index (χ4n) is 2.72. The van der Waals surface area contributed by atoms with E-state index < -0.39 is 0 Å². The van der Waals surface area contributed by atoms with E-state index in [0.717, 1.165) is 33.3 Å². The van der Waals surface area contributed by atoms with Crippen LogP contribution < -0.4 is 21.9 Å². The maximum Gasteiger partial charge on any atom is 0.409 e. The highest BCUT2D eigenvalue weighted by Gasteiger charge is 2.13. The molecule has 0 aliphatic rings. The van der Waals surface area contributed by atoms with Crippen LogP contribution in [-0.2, 0) is 13.6 Å². The Morgan fingerprint density at radius 2 is 1.85 bits per heavy atom. The van der Waals surface area contributed by atoms with E-state index in [1.807, 2.05) is 23.9 Å². The van der Waals surface area contributed by atoms with Gasteiger partial charge in [-0.15, -0.1) is 0 Å². The predicted octanol–water partition coefficient (Wildman–Crippen LogP) is 3.09. The fourth-order valence-corrected chi connectivity index (χ4v) is 4.12. The Balaban J connectivity index is 0.00000261. The molecule has 0 bridgehead atoms. The molecule has 4 nitrogen and oxygen atoms in total. The number of halogens is 2. The van der Waals surface area contributed by atoms with Crippen molar-refractivity contribution in [2.45, 2.75) is 20.4 Å². The standard InChI is InChI=1S/C20H22BrN4S.ClH/c1-4-25(13-16-8-6-5-7-9-16)17-10-11-18(15(2)12-17)22-23-20-24(3)14-19(21)26-20;/h5-12,14H,4,13H2,1-3H3;1H/q+1;/p-1. The quantitative estimate of drug-likeness (QED) is 0.407. The van der Waals surface area contributed by atoms with Gasteiger partial charge in [-0.1, -0.05) is 30.3 Å². The number of benzene rings is 2. The lowest BCUT2D eigenvalue weighted by atomic mass is 10.1. The first-order chi connectivity index (χ1) is 12.6. The third-order valence-electron chi connectivity index (χ3n) is 4.17. The summed E-state index contributed by atoms with van der Waals surface area (Å²) < 4.78 is 3.00. The van der Waals surface area contributed by atoms with Crippen molar-refractivity contribution in [2.75, 3.05) is 11.4 Å². The molecule has 7 heteroatoms. The van der Waals surface area contributed by atoms with Gasteiger partial charge in [-0.25, -0.2) is 4.57 Å². The molecular formula is C20H22BrClN4S. The lowest BCUT2D eigenvalue weighted by molar-refractivity contribution is -0.654. The van der Waals surface area contributed by atoms with E-state index in [4.69, 9.17) is 0 Å². The summed E-state index contributed by atoms with van der Waals surface area (Å²) in [5, 5.41) is 9.68. The molecule has 0 N–H and O–H groups in total. The van der Waals surface area contributed by atoms with Crippen LogP contribution in [0.5, 0.6) is 0 Å². The second-order valence-electron chi connectivity index (χ2n) is 6.10. The van der Waals surface area contributed by atoms with Gasteiger partial charge in [0.15, 0.2) is 0 Å². The SMILES string of the molecule is CCN(Cc1ccccc1)c1ccc(/N=N/c2sc(Br)c[n+]2C)c(C)c1.[Cl-]. The highest BCUT2D eigenvalue weighted by molar-refractivity contribution is 9.11. The molecule has 3 rings (SSSR count). The van der Waals surface area contributed by atoms with Crippen molar-refractivity contribution in [2.24, 2.45) is 17.3 Å². The van der Waals surface area contributed by atoms with Gasteiger partial charge in [-0.3, -0.25) is 0 Å². The molecule has 1 aromatic heterocycles. The smallest absolute Gasteiger partial charge is 0.409 e. The van der Waals surface area contributed by atoms with E-state index in [1.54, 1.807) is 11.3 Å². The molecule has 0 amide bonds. The molecular weight excluding hydrogens is 444 g/mol. The number of rotatable bonds is 6. The van der Waals surface area contributed by atoms with Crippen LogP contribution in [0.4, 0.5) is 16.5 Å². The Labute approximate surface area is 179 Å². The number of aromatic nitrogens is 1. The van der Waals surface area contributed by atoms with Crippen molar-refractivity contribution in [3.8, 4) is 0 Å². The van der Waals surface area contributed by atoms with Crippen molar-refractivity contribution in [3.05, 3.63) is 69.6 Å². The van der Waals surface area contributed by atoms with Crippen LogP contribution in [0.15, 0.2) is 68.7 Å². The Morgan fingerprint density at radius 3 is 2.44 bits per heavy atom. The van der Waals surface area contributed by atoms with E-state index >= 15 is 0 Å². The molecule has 0 aliphatic heterocycles. The van der Waals surface area contributed by atoms with Crippen LogP contribution in [-0.4, -0.2) is 6.54 Å². The number of nitrogens with zero attached hydrogens (tertiary/aromatic N) is 4. The summed E-state index contributed by atoms with van der Waals surface area (Å²) in [6.07, 6.45) is 1.98. The zero-order valence-corrected chi connectivity index (χ0v) is 18.7. The lowest BCUT2D eigenvalue weighted by Gasteiger charge is -2.23. The highest BCUT2D eigenvalue weighted by atomic mass is 79.9. The van der Waals surface area contributed by atoms with Crippen LogP contribution in [0.1, 0.15) is 18.1 Å². The number of aryl methyl sites for hydroxylation is 2. The van der Waals surface area contributed by atoms with E-state index in [0.29, 0.717) is 0 Å². The third-order valence-corrected chi connectivity index (χ3v) is 5.72. The van der Waals surface area contributed by atoms with Gasteiger partial charge in [-0.2, -0.15) is 0 Å². The van der Waals surface area contributed by atoms with E-state index in [-0.39, 0.29) is 12.4 Å². The topological polar surface area (TPSA) is 31.8 Å². The van der Waals surface area contributed by atoms with Crippen LogP contribution in [0.3, 0.4) is 0 Å². The van der Waals surface area contributed by atoms with Crippen LogP contribution in [0, 0.1) is 6.92 Å². The fraction of sp³-hybridized carbons (Fsp3) is 0.250. The third kappa shape index (κ3) is 5.61. The summed E-state index contributed by atoms with van der Waals surface area (Å²) in [4.78, 5) is 2.36. The molecule has 0 unspecified atom stereocenters. The van der Waals surface area contributed by atoms with Gasteiger partial charge in [0.2, 0.25) is 0 Å². The van der Waals surface area contributed by atoms with Crippen molar-refractivity contribution < 1.29 is 17.0 Å². The van der Waals surface area contributed by atoms with Gasteiger partial charge in [0.25, 0.3) is 0 Å². The van der Waals surface area contributed by atoms with Crippen LogP contribution in [0.2, 0.25) is 0 Å². The van der Waals surface area contributed by atoms with Gasteiger partial charge in [0.05, 0.1) is 12.2 Å². The number of azo groups is 1. The minimum absolute atomic E-state index is 0. The van der Waals surface area contributed by atoms with Crippen molar-refractivity contribution in [1.82, 2.24) is 0 Å². The first kappa shape index (κ1) is 21.5. The average Bonchev–Trinajstić information content (AvgIpc) is 2.97. The number of anilines is 1. The lowest BCUT2D eigenvalue weighted by Crippen LogP contribution is -3.00. The number of hydrogen-bond donors (Lipinski definition) is 0. The summed E-state index contributed by atoms with van der Waals surface area (Å²) in [5.74, 6) is 0. The molecule has 3 aromatic rings. The Bertz CT molecular complexity index is 912. The molecule has 0 saturated carbocycles. The molecule has 0 spiro atoms. The molecule has 0 saturated heterocycles. The minimum Gasteiger partial charge on any atom is -1.00 e. The number of thiazole rings is 1. The van der Waals surface area contributed by atoms with E-state index in [1.165, 1.54) is 11.3 Å². The van der Waals surface area contributed by atoms with Crippen molar-refractivity contribution in [3.63, 3.8) is 0 Å². The second-order valence-corrected chi connectivity index (χ2v) is 8.49. The van der Waals surface area contributed by atoms with Crippen LogP contribution in [0.25, 0.3) is 0 Å². The van der Waals surface area contributed by atoms with Gasteiger partial charge in [0, 0.05) is 18.8 Å². The summed E-state index contributed by atoms with van der Waals surface area (Å²) in [7, 11) is 1.97. The van der Waals surface area contributed by atoms with Gasteiger partial charge < -0.3 is 17.3 Å². The second kappa shape index (κ2) is 9.97. The first-order valence-electron chi connectivity index (χ1n) is 8.53. The molecule has 0 fully saturated rings. The largest absolute Gasteiger partial charge is 1.00 e.